The second kappa shape index (κ2) is 8.04. The van der Waals surface area contributed by atoms with Gasteiger partial charge in [-0.05, 0) is 29.8 Å². The van der Waals surface area contributed by atoms with Crippen LogP contribution in [0.2, 0.25) is 0 Å². The number of benzene rings is 1. The lowest BCUT2D eigenvalue weighted by Gasteiger charge is -2.06. The predicted octanol–water partition coefficient (Wildman–Crippen LogP) is 3.15. The van der Waals surface area contributed by atoms with E-state index in [-0.39, 0.29) is 0 Å². The Morgan fingerprint density at radius 1 is 1.16 bits per heavy atom. The van der Waals surface area contributed by atoms with Crippen LogP contribution >= 0.6 is 15.9 Å². The van der Waals surface area contributed by atoms with Crippen molar-refractivity contribution in [3.63, 3.8) is 0 Å². The van der Waals surface area contributed by atoms with Gasteiger partial charge in [0.15, 0.2) is 0 Å². The van der Waals surface area contributed by atoms with Crippen LogP contribution in [0.5, 0.6) is 0 Å². The van der Waals surface area contributed by atoms with Gasteiger partial charge in [-0.1, -0.05) is 34.1 Å². The Bertz CT molecular complexity index is 491. The third-order valence-electron chi connectivity index (χ3n) is 2.61. The van der Waals surface area contributed by atoms with E-state index in [2.05, 4.69) is 38.4 Å². The Balaban J connectivity index is 1.58. The van der Waals surface area contributed by atoms with Crippen LogP contribution < -0.4 is 5.32 Å². The van der Waals surface area contributed by atoms with Crippen molar-refractivity contribution in [2.75, 3.05) is 13.2 Å². The third-order valence-corrected chi connectivity index (χ3v) is 3.11. The minimum absolute atomic E-state index is 0.644. The molecule has 0 amide bonds. The monoisotopic (exact) mass is 320 g/mol. The molecule has 0 atom stereocenters. The van der Waals surface area contributed by atoms with Gasteiger partial charge < -0.3 is 10.1 Å². The minimum atomic E-state index is 0.644. The molecule has 2 rings (SSSR count). The number of hydrogen-bond donors (Lipinski definition) is 1. The van der Waals surface area contributed by atoms with E-state index < -0.39 is 0 Å². The first-order valence-electron chi connectivity index (χ1n) is 6.27. The Kier molecular flexibility index (Phi) is 6.01. The standard InChI is InChI=1S/C15H17BrN2O/c16-14-5-3-4-13(10-14)12-19-9-8-17-11-15-6-1-2-7-18-15/h1-7,10,17H,8-9,11-12H2. The fraction of sp³-hybridized carbons (Fsp3) is 0.267. The van der Waals surface area contributed by atoms with Crippen molar-refractivity contribution in [2.24, 2.45) is 0 Å². The van der Waals surface area contributed by atoms with Crippen LogP contribution in [0.25, 0.3) is 0 Å². The number of halogens is 1. The number of aromatic nitrogens is 1. The molecule has 1 aromatic carbocycles. The van der Waals surface area contributed by atoms with E-state index >= 15 is 0 Å². The molecule has 0 radical (unpaired) electrons. The highest BCUT2D eigenvalue weighted by Crippen LogP contribution is 2.12. The summed E-state index contributed by atoms with van der Waals surface area (Å²) in [6, 6.07) is 14.1. The Hall–Kier alpha value is -1.23. The summed E-state index contributed by atoms with van der Waals surface area (Å²) < 4.78 is 6.69. The molecule has 0 unspecified atom stereocenters. The number of ether oxygens (including phenoxy) is 1. The molecule has 100 valence electrons. The minimum Gasteiger partial charge on any atom is -0.375 e. The van der Waals surface area contributed by atoms with Crippen LogP contribution in [0.3, 0.4) is 0 Å². The number of nitrogens with one attached hydrogen (secondary N) is 1. The van der Waals surface area contributed by atoms with Crippen LogP contribution in [-0.4, -0.2) is 18.1 Å². The molecular weight excluding hydrogens is 304 g/mol. The SMILES string of the molecule is Brc1cccc(COCCNCc2ccccn2)c1. The van der Waals surface area contributed by atoms with Gasteiger partial charge in [0.25, 0.3) is 0 Å². The summed E-state index contributed by atoms with van der Waals surface area (Å²) in [6.07, 6.45) is 1.81. The highest BCUT2D eigenvalue weighted by atomic mass is 79.9. The lowest BCUT2D eigenvalue weighted by atomic mass is 10.2. The average Bonchev–Trinajstić information content (AvgIpc) is 2.44. The van der Waals surface area contributed by atoms with Gasteiger partial charge in [-0.3, -0.25) is 4.98 Å². The first-order valence-corrected chi connectivity index (χ1v) is 7.07. The van der Waals surface area contributed by atoms with Crippen molar-refractivity contribution in [1.82, 2.24) is 10.3 Å². The summed E-state index contributed by atoms with van der Waals surface area (Å²) in [5, 5.41) is 3.30. The normalized spacial score (nSPS) is 10.6. The van der Waals surface area contributed by atoms with Crippen molar-refractivity contribution in [1.29, 1.82) is 0 Å². The van der Waals surface area contributed by atoms with Crippen molar-refractivity contribution >= 4 is 15.9 Å². The summed E-state index contributed by atoms with van der Waals surface area (Å²) in [7, 11) is 0. The molecule has 0 bridgehead atoms. The zero-order chi connectivity index (χ0) is 13.3. The van der Waals surface area contributed by atoms with Crippen LogP contribution in [0.15, 0.2) is 53.1 Å². The molecule has 1 N–H and O–H groups in total. The molecule has 19 heavy (non-hydrogen) atoms. The first-order chi connectivity index (χ1) is 9.34. The molecular formula is C15H17BrN2O. The summed E-state index contributed by atoms with van der Waals surface area (Å²) >= 11 is 3.45. The van der Waals surface area contributed by atoms with E-state index in [1.54, 1.807) is 6.20 Å². The maximum Gasteiger partial charge on any atom is 0.0717 e. The van der Waals surface area contributed by atoms with Gasteiger partial charge in [-0.2, -0.15) is 0 Å². The molecule has 0 spiro atoms. The summed E-state index contributed by atoms with van der Waals surface area (Å²) in [5.41, 5.74) is 2.23. The van der Waals surface area contributed by atoms with Crippen LogP contribution in [0.1, 0.15) is 11.3 Å². The van der Waals surface area contributed by atoms with Gasteiger partial charge in [0, 0.05) is 23.8 Å². The molecule has 0 aliphatic heterocycles. The summed E-state index contributed by atoms with van der Waals surface area (Å²) in [5.74, 6) is 0. The molecule has 0 saturated carbocycles. The van der Waals surface area contributed by atoms with E-state index in [9.17, 15) is 0 Å². The second-order valence-electron chi connectivity index (χ2n) is 4.18. The Labute approximate surface area is 122 Å². The van der Waals surface area contributed by atoms with Gasteiger partial charge in [0.2, 0.25) is 0 Å². The topological polar surface area (TPSA) is 34.1 Å². The maximum absolute atomic E-state index is 5.61. The number of nitrogens with zero attached hydrogens (tertiary/aromatic N) is 1. The highest BCUT2D eigenvalue weighted by molar-refractivity contribution is 9.10. The maximum atomic E-state index is 5.61. The van der Waals surface area contributed by atoms with Gasteiger partial charge in [-0.25, -0.2) is 0 Å². The first kappa shape index (κ1) is 14.2. The van der Waals surface area contributed by atoms with Gasteiger partial charge in [0.1, 0.15) is 0 Å². The van der Waals surface area contributed by atoms with Crippen molar-refractivity contribution in [3.8, 4) is 0 Å². The smallest absolute Gasteiger partial charge is 0.0717 e. The molecule has 0 aliphatic carbocycles. The molecule has 4 heteroatoms. The summed E-state index contributed by atoms with van der Waals surface area (Å²) in [6.45, 7) is 2.94. The average molecular weight is 321 g/mol. The molecule has 0 aliphatic rings. The largest absolute Gasteiger partial charge is 0.375 e. The van der Waals surface area contributed by atoms with Gasteiger partial charge >= 0.3 is 0 Å². The van der Waals surface area contributed by atoms with Crippen molar-refractivity contribution < 1.29 is 4.74 Å². The summed E-state index contributed by atoms with van der Waals surface area (Å²) in [4.78, 5) is 4.25. The fourth-order valence-electron chi connectivity index (χ4n) is 1.68. The van der Waals surface area contributed by atoms with Gasteiger partial charge in [-0.15, -0.1) is 0 Å². The molecule has 2 aromatic rings. The van der Waals surface area contributed by atoms with E-state index in [1.165, 1.54) is 5.56 Å². The molecule has 1 aromatic heterocycles. The predicted molar refractivity (Wildman–Crippen MR) is 79.7 cm³/mol. The van der Waals surface area contributed by atoms with Crippen LogP contribution in [0.4, 0.5) is 0 Å². The quantitative estimate of drug-likeness (QED) is 0.796. The zero-order valence-electron chi connectivity index (χ0n) is 10.7. The van der Waals surface area contributed by atoms with E-state index in [0.29, 0.717) is 13.2 Å². The molecule has 0 saturated heterocycles. The highest BCUT2D eigenvalue weighted by Gasteiger charge is 1.95. The number of hydrogen-bond acceptors (Lipinski definition) is 3. The van der Waals surface area contributed by atoms with E-state index in [0.717, 1.165) is 23.3 Å². The van der Waals surface area contributed by atoms with Crippen LogP contribution in [-0.2, 0) is 17.9 Å². The Morgan fingerprint density at radius 2 is 2.11 bits per heavy atom. The zero-order valence-corrected chi connectivity index (χ0v) is 12.3. The lowest BCUT2D eigenvalue weighted by molar-refractivity contribution is 0.122. The van der Waals surface area contributed by atoms with Gasteiger partial charge in [0.05, 0.1) is 18.9 Å². The molecule has 0 fully saturated rings. The fourth-order valence-corrected chi connectivity index (χ4v) is 2.13. The Morgan fingerprint density at radius 3 is 2.89 bits per heavy atom. The second-order valence-corrected chi connectivity index (χ2v) is 5.10. The molecule has 1 heterocycles. The molecule has 3 nitrogen and oxygen atoms in total. The lowest BCUT2D eigenvalue weighted by Crippen LogP contribution is -2.19. The van der Waals surface area contributed by atoms with E-state index in [1.807, 2.05) is 30.3 Å². The van der Waals surface area contributed by atoms with Crippen molar-refractivity contribution in [2.45, 2.75) is 13.2 Å². The third kappa shape index (κ3) is 5.51. The van der Waals surface area contributed by atoms with Crippen LogP contribution in [0, 0.1) is 0 Å². The van der Waals surface area contributed by atoms with Crippen molar-refractivity contribution in [3.05, 3.63) is 64.4 Å². The van der Waals surface area contributed by atoms with E-state index in [4.69, 9.17) is 4.74 Å². The number of pyridine rings is 1. The number of rotatable bonds is 7.